The number of benzene rings is 1. The molecule has 1 aliphatic rings. The molecule has 0 spiro atoms. The Hall–Kier alpha value is -2.21. The highest BCUT2D eigenvalue weighted by molar-refractivity contribution is 5.78. The minimum atomic E-state index is 0.0515. The van der Waals surface area contributed by atoms with E-state index in [-0.39, 0.29) is 11.8 Å². The first kappa shape index (κ1) is 15.7. The van der Waals surface area contributed by atoms with E-state index in [0.29, 0.717) is 24.8 Å². The molecule has 1 fully saturated rings. The summed E-state index contributed by atoms with van der Waals surface area (Å²) in [4.78, 5) is 18.6. The highest BCUT2D eigenvalue weighted by Crippen LogP contribution is 2.25. The molecule has 2 heterocycles. The van der Waals surface area contributed by atoms with Crippen LogP contribution in [-0.2, 0) is 11.3 Å². The van der Waals surface area contributed by atoms with Crippen molar-refractivity contribution in [1.82, 2.24) is 20.4 Å². The van der Waals surface area contributed by atoms with Gasteiger partial charge in [0.15, 0.2) is 5.82 Å². The lowest BCUT2D eigenvalue weighted by Gasteiger charge is -2.15. The van der Waals surface area contributed by atoms with Gasteiger partial charge in [0.25, 0.3) is 0 Å². The largest absolute Gasteiger partial charge is 0.351 e. The van der Waals surface area contributed by atoms with E-state index in [1.165, 1.54) is 5.56 Å². The Balaban J connectivity index is 1.46. The van der Waals surface area contributed by atoms with Crippen LogP contribution in [0, 0.1) is 13.8 Å². The Labute approximate surface area is 135 Å². The fourth-order valence-corrected chi connectivity index (χ4v) is 2.92. The van der Waals surface area contributed by atoms with E-state index in [0.717, 1.165) is 25.1 Å². The van der Waals surface area contributed by atoms with Gasteiger partial charge in [-0.1, -0.05) is 29.4 Å². The van der Waals surface area contributed by atoms with Crippen LogP contribution in [-0.4, -0.2) is 40.6 Å². The van der Waals surface area contributed by atoms with E-state index < -0.39 is 0 Å². The minimum absolute atomic E-state index is 0.0515. The molecule has 6 heteroatoms. The molecule has 1 atom stereocenters. The molecule has 122 valence electrons. The molecular weight excluding hydrogens is 292 g/mol. The van der Waals surface area contributed by atoms with Gasteiger partial charge < -0.3 is 9.84 Å². The summed E-state index contributed by atoms with van der Waals surface area (Å²) in [7, 11) is 0. The van der Waals surface area contributed by atoms with Gasteiger partial charge in [0.05, 0.1) is 12.5 Å². The SMILES string of the molecule is Cc1noc(C2CCN(CC(=O)NCc3ccccc3C)C2)n1. The molecule has 0 radical (unpaired) electrons. The first-order valence-electron chi connectivity index (χ1n) is 7.95. The lowest BCUT2D eigenvalue weighted by Crippen LogP contribution is -2.35. The zero-order chi connectivity index (χ0) is 16.2. The third-order valence-corrected chi connectivity index (χ3v) is 4.27. The van der Waals surface area contributed by atoms with Crippen LogP contribution in [0.15, 0.2) is 28.8 Å². The molecule has 1 aliphatic heterocycles. The fourth-order valence-electron chi connectivity index (χ4n) is 2.92. The standard InChI is InChI=1S/C17H22N4O2/c1-12-5-3-4-6-14(12)9-18-16(22)11-21-8-7-15(10-21)17-19-13(2)20-23-17/h3-6,15H,7-11H2,1-2H3,(H,18,22). The number of nitrogens with zero attached hydrogens (tertiary/aromatic N) is 3. The fraction of sp³-hybridized carbons (Fsp3) is 0.471. The second kappa shape index (κ2) is 6.91. The van der Waals surface area contributed by atoms with Crippen molar-refractivity contribution in [2.24, 2.45) is 0 Å². The number of aryl methyl sites for hydroxylation is 2. The van der Waals surface area contributed by atoms with Crippen molar-refractivity contribution in [1.29, 1.82) is 0 Å². The number of carbonyl (C=O) groups is 1. The van der Waals surface area contributed by atoms with Gasteiger partial charge in [0.1, 0.15) is 0 Å². The van der Waals surface area contributed by atoms with E-state index >= 15 is 0 Å². The third-order valence-electron chi connectivity index (χ3n) is 4.27. The number of likely N-dealkylation sites (tertiary alicyclic amines) is 1. The highest BCUT2D eigenvalue weighted by atomic mass is 16.5. The molecule has 1 aromatic carbocycles. The number of nitrogens with one attached hydrogen (secondary N) is 1. The zero-order valence-corrected chi connectivity index (χ0v) is 13.6. The zero-order valence-electron chi connectivity index (χ0n) is 13.6. The molecule has 6 nitrogen and oxygen atoms in total. The molecule has 23 heavy (non-hydrogen) atoms. The van der Waals surface area contributed by atoms with Crippen molar-refractivity contribution < 1.29 is 9.32 Å². The summed E-state index contributed by atoms with van der Waals surface area (Å²) in [6.07, 6.45) is 0.951. The Morgan fingerprint density at radius 1 is 1.39 bits per heavy atom. The molecule has 1 amide bonds. The summed E-state index contributed by atoms with van der Waals surface area (Å²) in [5, 5.41) is 6.83. The van der Waals surface area contributed by atoms with Crippen molar-refractivity contribution in [2.45, 2.75) is 32.7 Å². The molecule has 0 bridgehead atoms. The van der Waals surface area contributed by atoms with E-state index in [1.807, 2.05) is 25.1 Å². The first-order valence-corrected chi connectivity index (χ1v) is 7.95. The summed E-state index contributed by atoms with van der Waals surface area (Å²) in [6, 6.07) is 8.09. The molecule has 1 unspecified atom stereocenters. The summed E-state index contributed by atoms with van der Waals surface area (Å²) < 4.78 is 5.23. The van der Waals surface area contributed by atoms with Crippen LogP contribution in [0.1, 0.15) is 35.2 Å². The Kier molecular flexibility index (Phi) is 4.71. The van der Waals surface area contributed by atoms with Gasteiger partial charge in [-0.05, 0) is 37.9 Å². The molecule has 0 saturated carbocycles. The van der Waals surface area contributed by atoms with Gasteiger partial charge in [-0.3, -0.25) is 9.69 Å². The second-order valence-electron chi connectivity index (χ2n) is 6.10. The van der Waals surface area contributed by atoms with E-state index in [4.69, 9.17) is 4.52 Å². The first-order chi connectivity index (χ1) is 11.1. The van der Waals surface area contributed by atoms with Crippen LogP contribution in [0.25, 0.3) is 0 Å². The van der Waals surface area contributed by atoms with Crippen molar-refractivity contribution in [3.63, 3.8) is 0 Å². The van der Waals surface area contributed by atoms with Crippen molar-refractivity contribution in [3.8, 4) is 0 Å². The average Bonchev–Trinajstić information content (AvgIpc) is 3.15. The average molecular weight is 314 g/mol. The maximum Gasteiger partial charge on any atom is 0.234 e. The summed E-state index contributed by atoms with van der Waals surface area (Å²) >= 11 is 0. The van der Waals surface area contributed by atoms with E-state index in [1.54, 1.807) is 0 Å². The minimum Gasteiger partial charge on any atom is -0.351 e. The van der Waals surface area contributed by atoms with Crippen LogP contribution in [0.5, 0.6) is 0 Å². The smallest absolute Gasteiger partial charge is 0.234 e. The Morgan fingerprint density at radius 2 is 2.22 bits per heavy atom. The van der Waals surface area contributed by atoms with Gasteiger partial charge in [0.2, 0.25) is 11.8 Å². The van der Waals surface area contributed by atoms with E-state index in [2.05, 4.69) is 33.3 Å². The van der Waals surface area contributed by atoms with Crippen molar-refractivity contribution in [2.75, 3.05) is 19.6 Å². The number of aromatic nitrogens is 2. The van der Waals surface area contributed by atoms with Crippen LogP contribution in [0.2, 0.25) is 0 Å². The summed E-state index contributed by atoms with van der Waals surface area (Å²) in [5.74, 6) is 1.63. The van der Waals surface area contributed by atoms with Gasteiger partial charge in [-0.25, -0.2) is 0 Å². The van der Waals surface area contributed by atoms with Crippen molar-refractivity contribution in [3.05, 3.63) is 47.1 Å². The molecular formula is C17H22N4O2. The van der Waals surface area contributed by atoms with Gasteiger partial charge in [-0.2, -0.15) is 4.98 Å². The topological polar surface area (TPSA) is 71.3 Å². The number of hydrogen-bond acceptors (Lipinski definition) is 5. The lowest BCUT2D eigenvalue weighted by atomic mass is 10.1. The second-order valence-corrected chi connectivity index (χ2v) is 6.10. The maximum atomic E-state index is 12.1. The molecule has 1 saturated heterocycles. The highest BCUT2D eigenvalue weighted by Gasteiger charge is 2.28. The van der Waals surface area contributed by atoms with Crippen LogP contribution < -0.4 is 5.32 Å². The number of hydrogen-bond donors (Lipinski definition) is 1. The molecule has 3 rings (SSSR count). The molecule has 1 aromatic heterocycles. The molecule has 1 N–H and O–H groups in total. The van der Waals surface area contributed by atoms with Crippen LogP contribution in [0.3, 0.4) is 0 Å². The quantitative estimate of drug-likeness (QED) is 0.911. The number of amides is 1. The Morgan fingerprint density at radius 3 is 2.96 bits per heavy atom. The summed E-state index contributed by atoms with van der Waals surface area (Å²) in [5.41, 5.74) is 2.35. The molecule has 2 aromatic rings. The normalized spacial score (nSPS) is 18.3. The third kappa shape index (κ3) is 3.96. The van der Waals surface area contributed by atoms with Crippen LogP contribution in [0.4, 0.5) is 0 Å². The monoisotopic (exact) mass is 314 g/mol. The van der Waals surface area contributed by atoms with Gasteiger partial charge in [-0.15, -0.1) is 0 Å². The van der Waals surface area contributed by atoms with Gasteiger partial charge in [0, 0.05) is 13.1 Å². The summed E-state index contributed by atoms with van der Waals surface area (Å²) in [6.45, 7) is 6.53. The van der Waals surface area contributed by atoms with Gasteiger partial charge >= 0.3 is 0 Å². The Bertz CT molecular complexity index is 683. The van der Waals surface area contributed by atoms with Crippen molar-refractivity contribution >= 4 is 5.91 Å². The predicted molar refractivity (Wildman–Crippen MR) is 85.9 cm³/mol. The molecule has 0 aliphatic carbocycles. The lowest BCUT2D eigenvalue weighted by molar-refractivity contribution is -0.122. The maximum absolute atomic E-state index is 12.1. The predicted octanol–water partition coefficient (Wildman–Crippen LogP) is 1.79. The number of carbonyl (C=O) groups excluding carboxylic acids is 1. The number of rotatable bonds is 5. The van der Waals surface area contributed by atoms with Crippen LogP contribution >= 0.6 is 0 Å². The van der Waals surface area contributed by atoms with E-state index in [9.17, 15) is 4.79 Å².